The van der Waals surface area contributed by atoms with Crippen LogP contribution in [-0.2, 0) is 4.74 Å². The molecule has 1 rings (SSSR count). The molecule has 2 nitrogen and oxygen atoms in total. The van der Waals surface area contributed by atoms with Gasteiger partial charge in [-0.2, -0.15) is 0 Å². The van der Waals surface area contributed by atoms with E-state index in [4.69, 9.17) is 16.3 Å². The van der Waals surface area contributed by atoms with Gasteiger partial charge in [-0.1, -0.05) is 22.7 Å². The van der Waals surface area contributed by atoms with Crippen molar-refractivity contribution in [3.05, 3.63) is 22.3 Å². The minimum absolute atomic E-state index is 0.302. The lowest BCUT2D eigenvalue weighted by Crippen LogP contribution is -2.38. The zero-order chi connectivity index (χ0) is 11.3. The maximum Gasteiger partial charge on any atom is 0.0737 e. The van der Waals surface area contributed by atoms with Gasteiger partial charge in [0.05, 0.1) is 12.7 Å². The molecule has 0 aromatic carbocycles. The first-order valence-corrected chi connectivity index (χ1v) is 5.80. The van der Waals surface area contributed by atoms with Crippen molar-refractivity contribution in [2.75, 3.05) is 19.7 Å². The molecule has 0 aliphatic carbocycles. The molecule has 15 heavy (non-hydrogen) atoms. The van der Waals surface area contributed by atoms with Gasteiger partial charge in [0, 0.05) is 18.1 Å². The first-order valence-electron chi connectivity index (χ1n) is 5.42. The van der Waals surface area contributed by atoms with Crippen LogP contribution < -0.4 is 5.32 Å². The van der Waals surface area contributed by atoms with Crippen molar-refractivity contribution >= 4 is 11.6 Å². The molecule has 0 bridgehead atoms. The third-order valence-corrected chi connectivity index (χ3v) is 2.89. The highest BCUT2D eigenvalue weighted by Crippen LogP contribution is 2.16. The van der Waals surface area contributed by atoms with Gasteiger partial charge in [0.2, 0.25) is 0 Å². The molecule has 1 atom stereocenters. The lowest BCUT2D eigenvalue weighted by Gasteiger charge is -2.23. The zero-order valence-corrected chi connectivity index (χ0v) is 10.5. The Morgan fingerprint density at radius 1 is 1.47 bits per heavy atom. The fraction of sp³-hybridized carbons (Fsp3) is 0.667. The Balaban J connectivity index is 2.46. The molecule has 1 aliphatic rings. The number of hydrogen-bond donors (Lipinski definition) is 1. The van der Waals surface area contributed by atoms with Crippen molar-refractivity contribution < 1.29 is 4.74 Å². The predicted molar refractivity (Wildman–Crippen MR) is 65.2 cm³/mol. The molecule has 0 unspecified atom stereocenters. The Morgan fingerprint density at radius 3 is 2.73 bits per heavy atom. The summed E-state index contributed by atoms with van der Waals surface area (Å²) in [6.07, 6.45) is 3.29. The van der Waals surface area contributed by atoms with Crippen LogP contribution in [0.5, 0.6) is 0 Å². The smallest absolute Gasteiger partial charge is 0.0737 e. The molecule has 1 saturated heterocycles. The summed E-state index contributed by atoms with van der Waals surface area (Å²) in [5, 5.41) is 4.16. The second kappa shape index (κ2) is 6.31. The number of hydrogen-bond acceptors (Lipinski definition) is 2. The van der Waals surface area contributed by atoms with Gasteiger partial charge in [0.1, 0.15) is 0 Å². The van der Waals surface area contributed by atoms with Crippen molar-refractivity contribution in [3.8, 4) is 0 Å². The average Bonchev–Trinajstić information content (AvgIpc) is 2.18. The van der Waals surface area contributed by atoms with E-state index >= 15 is 0 Å². The SMILES string of the molecule is CC(C)=C(Cl)/C=C(\C)C[C@H]1CNCCO1. The molecule has 0 aromatic heterocycles. The van der Waals surface area contributed by atoms with Crippen molar-refractivity contribution in [2.45, 2.75) is 33.3 Å². The minimum Gasteiger partial charge on any atom is -0.375 e. The van der Waals surface area contributed by atoms with Crippen molar-refractivity contribution in [1.82, 2.24) is 5.32 Å². The lowest BCUT2D eigenvalue weighted by atomic mass is 10.1. The quantitative estimate of drug-likeness (QED) is 0.752. The van der Waals surface area contributed by atoms with Crippen LogP contribution in [0.25, 0.3) is 0 Å². The molecule has 0 amide bonds. The van der Waals surface area contributed by atoms with Crippen molar-refractivity contribution in [1.29, 1.82) is 0 Å². The van der Waals surface area contributed by atoms with E-state index in [9.17, 15) is 0 Å². The standard InChI is InChI=1S/C12H20ClNO/c1-9(2)12(13)7-10(3)6-11-8-14-4-5-15-11/h7,11,14H,4-6,8H2,1-3H3/b10-7+/t11-/m0/s1. The number of ether oxygens (including phenoxy) is 1. The number of halogens is 1. The number of rotatable bonds is 3. The van der Waals surface area contributed by atoms with Crippen LogP contribution >= 0.6 is 11.6 Å². The van der Waals surface area contributed by atoms with Crippen molar-refractivity contribution in [3.63, 3.8) is 0 Å². The minimum atomic E-state index is 0.302. The first-order chi connectivity index (χ1) is 7.09. The largest absolute Gasteiger partial charge is 0.375 e. The molecule has 0 radical (unpaired) electrons. The van der Waals surface area contributed by atoms with Gasteiger partial charge in [-0.3, -0.25) is 0 Å². The summed E-state index contributed by atoms with van der Waals surface area (Å²) in [7, 11) is 0. The highest BCUT2D eigenvalue weighted by molar-refractivity contribution is 6.31. The molecule has 0 aromatic rings. The van der Waals surface area contributed by atoms with E-state index in [-0.39, 0.29) is 0 Å². The Labute approximate surface area is 97.3 Å². The average molecular weight is 230 g/mol. The van der Waals surface area contributed by atoms with Gasteiger partial charge < -0.3 is 10.1 Å². The molecule has 3 heteroatoms. The molecular formula is C12H20ClNO. The van der Waals surface area contributed by atoms with Crippen LogP contribution in [0.2, 0.25) is 0 Å². The molecular weight excluding hydrogens is 210 g/mol. The monoisotopic (exact) mass is 229 g/mol. The van der Waals surface area contributed by atoms with Crippen LogP contribution in [0.3, 0.4) is 0 Å². The molecule has 86 valence electrons. The Kier molecular flexibility index (Phi) is 5.37. The molecule has 0 saturated carbocycles. The summed E-state index contributed by atoms with van der Waals surface area (Å²) < 4.78 is 5.63. The van der Waals surface area contributed by atoms with E-state index in [2.05, 4.69) is 12.2 Å². The Morgan fingerprint density at radius 2 is 2.20 bits per heavy atom. The summed E-state index contributed by atoms with van der Waals surface area (Å²) in [6, 6.07) is 0. The maximum atomic E-state index is 6.08. The number of morpholine rings is 1. The van der Waals surface area contributed by atoms with Crippen LogP contribution in [0, 0.1) is 0 Å². The molecule has 1 heterocycles. The van der Waals surface area contributed by atoms with Gasteiger partial charge in [0.25, 0.3) is 0 Å². The second-order valence-corrected chi connectivity index (χ2v) is 4.65. The first kappa shape index (κ1) is 12.8. The van der Waals surface area contributed by atoms with E-state index < -0.39 is 0 Å². The Hall–Kier alpha value is -0.310. The summed E-state index contributed by atoms with van der Waals surface area (Å²) >= 11 is 6.08. The molecule has 1 fully saturated rings. The normalized spacial score (nSPS) is 22.7. The third kappa shape index (κ3) is 4.83. The van der Waals surface area contributed by atoms with Gasteiger partial charge in [-0.05, 0) is 33.3 Å². The summed E-state index contributed by atoms with van der Waals surface area (Å²) in [4.78, 5) is 0. The number of nitrogens with one attached hydrogen (secondary N) is 1. The predicted octanol–water partition coefficient (Wildman–Crippen LogP) is 2.84. The number of allylic oxidation sites excluding steroid dienone is 3. The van der Waals surface area contributed by atoms with E-state index in [0.29, 0.717) is 6.10 Å². The fourth-order valence-electron chi connectivity index (χ4n) is 1.53. The Bertz CT molecular complexity index is 261. The van der Waals surface area contributed by atoms with Gasteiger partial charge >= 0.3 is 0 Å². The molecule has 0 spiro atoms. The molecule has 1 N–H and O–H groups in total. The van der Waals surface area contributed by atoms with Crippen LogP contribution in [0.1, 0.15) is 27.2 Å². The van der Waals surface area contributed by atoms with Crippen LogP contribution in [0.4, 0.5) is 0 Å². The maximum absolute atomic E-state index is 6.08. The van der Waals surface area contributed by atoms with E-state index in [1.165, 1.54) is 5.57 Å². The molecule has 1 aliphatic heterocycles. The van der Waals surface area contributed by atoms with Crippen molar-refractivity contribution in [2.24, 2.45) is 0 Å². The van der Waals surface area contributed by atoms with Crippen LogP contribution in [0.15, 0.2) is 22.3 Å². The topological polar surface area (TPSA) is 21.3 Å². The van der Waals surface area contributed by atoms with E-state index in [1.807, 2.05) is 19.9 Å². The summed E-state index contributed by atoms with van der Waals surface area (Å²) in [6.45, 7) is 8.86. The highest BCUT2D eigenvalue weighted by atomic mass is 35.5. The van der Waals surface area contributed by atoms with Gasteiger partial charge in [0.15, 0.2) is 0 Å². The van der Waals surface area contributed by atoms with Gasteiger partial charge in [-0.15, -0.1) is 0 Å². The summed E-state index contributed by atoms with van der Waals surface area (Å²) in [5.41, 5.74) is 2.42. The third-order valence-electron chi connectivity index (χ3n) is 2.40. The van der Waals surface area contributed by atoms with Crippen LogP contribution in [-0.4, -0.2) is 25.8 Å². The summed E-state index contributed by atoms with van der Waals surface area (Å²) in [5.74, 6) is 0. The van der Waals surface area contributed by atoms with E-state index in [0.717, 1.165) is 36.7 Å². The second-order valence-electron chi connectivity index (χ2n) is 4.24. The van der Waals surface area contributed by atoms with Gasteiger partial charge in [-0.25, -0.2) is 0 Å². The fourth-order valence-corrected chi connectivity index (χ4v) is 1.72. The van der Waals surface area contributed by atoms with E-state index in [1.54, 1.807) is 0 Å². The lowest BCUT2D eigenvalue weighted by molar-refractivity contribution is 0.0293. The highest BCUT2D eigenvalue weighted by Gasteiger charge is 2.13. The zero-order valence-electron chi connectivity index (χ0n) is 9.77.